The Bertz CT molecular complexity index is 345. The van der Waals surface area contributed by atoms with Gasteiger partial charge in [-0.15, -0.1) is 0 Å². The number of halogens is 1. The molecule has 1 aromatic rings. The number of benzene rings is 1. The zero-order valence-corrected chi connectivity index (χ0v) is 11.7. The molecule has 0 aromatic heterocycles. The van der Waals surface area contributed by atoms with E-state index in [2.05, 4.69) is 5.32 Å². The van der Waals surface area contributed by atoms with E-state index in [9.17, 15) is 0 Å². The smallest absolute Gasteiger partial charge is 0.123 e. The number of rotatable bonds is 9. The van der Waals surface area contributed by atoms with E-state index in [1.165, 1.54) is 0 Å². The predicted octanol–water partition coefficient (Wildman–Crippen LogP) is 2.99. The quantitative estimate of drug-likeness (QED) is 0.679. The highest BCUT2D eigenvalue weighted by Gasteiger charge is 2.03. The van der Waals surface area contributed by atoms with Crippen LogP contribution >= 0.6 is 11.6 Å². The highest BCUT2D eigenvalue weighted by atomic mass is 35.5. The van der Waals surface area contributed by atoms with Crippen molar-refractivity contribution < 1.29 is 9.84 Å². The topological polar surface area (TPSA) is 41.5 Å². The van der Waals surface area contributed by atoms with Crippen LogP contribution in [0.5, 0.6) is 5.75 Å². The third-order valence-corrected chi connectivity index (χ3v) is 2.93. The number of aliphatic hydroxyl groups excluding tert-OH is 1. The third kappa shape index (κ3) is 5.71. The molecule has 0 atom stereocenters. The van der Waals surface area contributed by atoms with Gasteiger partial charge in [-0.2, -0.15) is 0 Å². The first-order valence-corrected chi connectivity index (χ1v) is 6.82. The van der Waals surface area contributed by atoms with E-state index in [4.69, 9.17) is 21.4 Å². The average Bonchev–Trinajstić information content (AvgIpc) is 2.36. The monoisotopic (exact) mass is 271 g/mol. The number of hydrogen-bond acceptors (Lipinski definition) is 3. The lowest BCUT2D eigenvalue weighted by Gasteiger charge is -2.11. The second-order valence-corrected chi connectivity index (χ2v) is 4.71. The Kier molecular flexibility index (Phi) is 7.81. The van der Waals surface area contributed by atoms with Crippen LogP contribution < -0.4 is 10.1 Å². The molecular formula is C14H22ClNO2. The van der Waals surface area contributed by atoms with Crippen molar-refractivity contribution in [3.63, 3.8) is 0 Å². The van der Waals surface area contributed by atoms with Crippen molar-refractivity contribution in [2.24, 2.45) is 0 Å². The molecule has 0 aliphatic heterocycles. The van der Waals surface area contributed by atoms with Gasteiger partial charge in [-0.05, 0) is 44.5 Å². The summed E-state index contributed by atoms with van der Waals surface area (Å²) < 4.78 is 5.76. The van der Waals surface area contributed by atoms with Gasteiger partial charge in [-0.1, -0.05) is 18.0 Å². The summed E-state index contributed by atoms with van der Waals surface area (Å²) in [6, 6.07) is 5.70. The first-order valence-electron chi connectivity index (χ1n) is 6.44. The highest BCUT2D eigenvalue weighted by Crippen LogP contribution is 2.23. The maximum Gasteiger partial charge on any atom is 0.123 e. The van der Waals surface area contributed by atoms with Crippen molar-refractivity contribution in [2.75, 3.05) is 20.3 Å². The SMILES string of the molecule is CNCc1cc(Cl)ccc1OCCCCCCO. The summed E-state index contributed by atoms with van der Waals surface area (Å²) in [5.74, 6) is 0.899. The lowest BCUT2D eigenvalue weighted by Crippen LogP contribution is -2.08. The van der Waals surface area contributed by atoms with Crippen molar-refractivity contribution in [3.8, 4) is 5.75 Å². The fourth-order valence-corrected chi connectivity index (χ4v) is 1.96. The second kappa shape index (κ2) is 9.20. The molecule has 0 fully saturated rings. The van der Waals surface area contributed by atoms with E-state index >= 15 is 0 Å². The first-order chi connectivity index (χ1) is 8.77. The van der Waals surface area contributed by atoms with Crippen LogP contribution in [0, 0.1) is 0 Å². The molecule has 0 radical (unpaired) electrons. The molecule has 0 aliphatic carbocycles. The molecular weight excluding hydrogens is 250 g/mol. The normalized spacial score (nSPS) is 10.6. The molecule has 4 heteroatoms. The highest BCUT2D eigenvalue weighted by molar-refractivity contribution is 6.30. The summed E-state index contributed by atoms with van der Waals surface area (Å²) in [6.07, 6.45) is 4.05. The van der Waals surface area contributed by atoms with E-state index in [0.29, 0.717) is 6.61 Å². The van der Waals surface area contributed by atoms with Crippen LogP contribution in [0.1, 0.15) is 31.2 Å². The summed E-state index contributed by atoms with van der Waals surface area (Å²) in [5.41, 5.74) is 1.08. The molecule has 0 unspecified atom stereocenters. The number of unbranched alkanes of at least 4 members (excludes halogenated alkanes) is 3. The van der Waals surface area contributed by atoms with Crippen LogP contribution in [-0.2, 0) is 6.54 Å². The van der Waals surface area contributed by atoms with Crippen molar-refractivity contribution in [1.82, 2.24) is 5.32 Å². The maximum absolute atomic E-state index is 8.67. The van der Waals surface area contributed by atoms with Crippen LogP contribution in [0.4, 0.5) is 0 Å². The van der Waals surface area contributed by atoms with Crippen molar-refractivity contribution in [1.29, 1.82) is 0 Å². The van der Waals surface area contributed by atoms with E-state index in [-0.39, 0.29) is 6.61 Å². The molecule has 0 spiro atoms. The minimum Gasteiger partial charge on any atom is -0.493 e. The van der Waals surface area contributed by atoms with Crippen molar-refractivity contribution in [2.45, 2.75) is 32.2 Å². The molecule has 1 aromatic carbocycles. The van der Waals surface area contributed by atoms with Crippen LogP contribution in [0.25, 0.3) is 0 Å². The van der Waals surface area contributed by atoms with Crippen LogP contribution in [0.15, 0.2) is 18.2 Å². The largest absolute Gasteiger partial charge is 0.493 e. The summed E-state index contributed by atoms with van der Waals surface area (Å²) in [7, 11) is 1.90. The summed E-state index contributed by atoms with van der Waals surface area (Å²) >= 11 is 5.96. The Morgan fingerprint density at radius 1 is 1.22 bits per heavy atom. The zero-order valence-electron chi connectivity index (χ0n) is 10.9. The van der Waals surface area contributed by atoms with Gasteiger partial charge in [0.2, 0.25) is 0 Å². The molecule has 2 N–H and O–H groups in total. The zero-order chi connectivity index (χ0) is 13.2. The summed E-state index contributed by atoms with van der Waals surface area (Å²) in [6.45, 7) is 1.74. The molecule has 0 saturated heterocycles. The number of nitrogens with one attached hydrogen (secondary N) is 1. The van der Waals surface area contributed by atoms with Gasteiger partial charge in [-0.25, -0.2) is 0 Å². The number of ether oxygens (including phenoxy) is 1. The maximum atomic E-state index is 8.67. The standard InChI is InChI=1S/C14H22ClNO2/c1-16-11-12-10-13(15)6-7-14(12)18-9-5-3-2-4-8-17/h6-7,10,16-17H,2-5,8-9,11H2,1H3. The van der Waals surface area contributed by atoms with Crippen LogP contribution in [0.3, 0.4) is 0 Å². The average molecular weight is 272 g/mol. The molecule has 0 bridgehead atoms. The Labute approximate surface area is 114 Å². The van der Waals surface area contributed by atoms with E-state index in [0.717, 1.165) is 48.6 Å². The lowest BCUT2D eigenvalue weighted by molar-refractivity contribution is 0.273. The van der Waals surface area contributed by atoms with E-state index in [1.807, 2.05) is 25.2 Å². The molecule has 3 nitrogen and oxygen atoms in total. The molecule has 0 saturated carbocycles. The Morgan fingerprint density at radius 2 is 2.00 bits per heavy atom. The second-order valence-electron chi connectivity index (χ2n) is 4.27. The van der Waals surface area contributed by atoms with E-state index in [1.54, 1.807) is 0 Å². The number of hydrogen-bond donors (Lipinski definition) is 2. The molecule has 1 rings (SSSR count). The van der Waals surface area contributed by atoms with Gasteiger partial charge in [0.1, 0.15) is 5.75 Å². The van der Waals surface area contributed by atoms with E-state index < -0.39 is 0 Å². The number of aliphatic hydroxyl groups is 1. The van der Waals surface area contributed by atoms with Gasteiger partial charge >= 0.3 is 0 Å². The molecule has 0 heterocycles. The van der Waals surface area contributed by atoms with Crippen LogP contribution in [-0.4, -0.2) is 25.4 Å². The lowest BCUT2D eigenvalue weighted by atomic mass is 10.2. The first kappa shape index (κ1) is 15.3. The molecule has 0 amide bonds. The van der Waals surface area contributed by atoms with Gasteiger partial charge in [0.05, 0.1) is 6.61 Å². The summed E-state index contributed by atoms with van der Waals surface area (Å²) in [4.78, 5) is 0. The minimum atomic E-state index is 0.282. The van der Waals surface area contributed by atoms with Gasteiger partial charge < -0.3 is 15.2 Å². The fraction of sp³-hybridized carbons (Fsp3) is 0.571. The van der Waals surface area contributed by atoms with Gasteiger partial charge in [-0.3, -0.25) is 0 Å². The van der Waals surface area contributed by atoms with Crippen molar-refractivity contribution in [3.05, 3.63) is 28.8 Å². The molecule has 102 valence electrons. The Balaban J connectivity index is 2.36. The predicted molar refractivity (Wildman–Crippen MR) is 75.3 cm³/mol. The Hall–Kier alpha value is -0.770. The third-order valence-electron chi connectivity index (χ3n) is 2.70. The minimum absolute atomic E-state index is 0.282. The molecule has 18 heavy (non-hydrogen) atoms. The van der Waals surface area contributed by atoms with Gasteiger partial charge in [0.25, 0.3) is 0 Å². The van der Waals surface area contributed by atoms with Gasteiger partial charge in [0, 0.05) is 23.7 Å². The van der Waals surface area contributed by atoms with Crippen LogP contribution in [0.2, 0.25) is 5.02 Å². The van der Waals surface area contributed by atoms with Gasteiger partial charge in [0.15, 0.2) is 0 Å². The van der Waals surface area contributed by atoms with Crippen molar-refractivity contribution >= 4 is 11.6 Å². The molecule has 0 aliphatic rings. The summed E-state index contributed by atoms with van der Waals surface area (Å²) in [5, 5.41) is 12.5. The Morgan fingerprint density at radius 3 is 2.72 bits per heavy atom. The fourth-order valence-electron chi connectivity index (χ4n) is 1.77.